The average molecular weight is 408 g/mol. The molecule has 30 heavy (non-hydrogen) atoms. The van der Waals surface area contributed by atoms with Crippen LogP contribution >= 0.6 is 0 Å². The first-order valence-corrected chi connectivity index (χ1v) is 10.3. The highest BCUT2D eigenvalue weighted by Gasteiger charge is 2.44. The number of Topliss-reactive ketones (excluding diaryl/α,β-unsaturated/α-hetero) is 1. The monoisotopic (exact) mass is 407 g/mol. The van der Waals surface area contributed by atoms with E-state index in [1.807, 2.05) is 37.3 Å². The van der Waals surface area contributed by atoms with Crippen molar-refractivity contribution in [3.05, 3.63) is 71.0 Å². The van der Waals surface area contributed by atoms with Gasteiger partial charge in [0.1, 0.15) is 5.75 Å². The van der Waals surface area contributed by atoms with Crippen LogP contribution in [0.25, 0.3) is 0 Å². The molecule has 1 aliphatic rings. The molecule has 1 heterocycles. The number of ketones is 1. The summed E-state index contributed by atoms with van der Waals surface area (Å²) in [5.74, 6) is -0.674. The van der Waals surface area contributed by atoms with E-state index in [2.05, 4.69) is 20.8 Å². The second-order valence-corrected chi connectivity index (χ2v) is 8.42. The molecule has 0 saturated carbocycles. The Bertz CT molecular complexity index is 983. The van der Waals surface area contributed by atoms with Gasteiger partial charge in [-0.25, -0.2) is 0 Å². The number of benzene rings is 2. The molecular weight excluding hydrogens is 378 g/mol. The second-order valence-electron chi connectivity index (χ2n) is 8.42. The van der Waals surface area contributed by atoms with Crippen molar-refractivity contribution < 1.29 is 19.4 Å². The predicted molar refractivity (Wildman–Crippen MR) is 118 cm³/mol. The highest BCUT2D eigenvalue weighted by Crippen LogP contribution is 2.42. The van der Waals surface area contributed by atoms with E-state index in [1.54, 1.807) is 25.1 Å². The zero-order valence-corrected chi connectivity index (χ0v) is 18.2. The van der Waals surface area contributed by atoms with Crippen LogP contribution in [0.4, 0.5) is 5.69 Å². The van der Waals surface area contributed by atoms with Crippen LogP contribution in [0.15, 0.2) is 59.9 Å². The quantitative estimate of drug-likeness (QED) is 0.709. The number of anilines is 1. The molecular formula is C25H29NO4. The molecule has 0 bridgehead atoms. The minimum atomic E-state index is -0.684. The van der Waals surface area contributed by atoms with Gasteiger partial charge in [-0.05, 0) is 35.6 Å². The van der Waals surface area contributed by atoms with Crippen molar-refractivity contribution in [2.24, 2.45) is 0 Å². The first-order valence-electron chi connectivity index (χ1n) is 10.3. The number of ether oxygens (including phenoxy) is 1. The summed E-state index contributed by atoms with van der Waals surface area (Å²) < 4.78 is 5.58. The molecule has 5 heteroatoms. The van der Waals surface area contributed by atoms with Gasteiger partial charge in [0, 0.05) is 18.2 Å². The smallest absolute Gasteiger partial charge is 0.294 e. The molecule has 3 rings (SSSR count). The Kier molecular flexibility index (Phi) is 6.01. The fraction of sp³-hybridized carbons (Fsp3) is 0.360. The molecule has 0 fully saturated rings. The number of rotatable bonds is 6. The molecule has 5 nitrogen and oxygen atoms in total. The molecule has 0 aliphatic carbocycles. The van der Waals surface area contributed by atoms with E-state index >= 15 is 0 Å². The summed E-state index contributed by atoms with van der Waals surface area (Å²) in [6.45, 7) is 10.5. The molecule has 0 spiro atoms. The fourth-order valence-electron chi connectivity index (χ4n) is 3.72. The van der Waals surface area contributed by atoms with Gasteiger partial charge in [0.2, 0.25) is 0 Å². The Labute approximate surface area is 178 Å². The van der Waals surface area contributed by atoms with E-state index in [0.29, 0.717) is 18.0 Å². The van der Waals surface area contributed by atoms with E-state index in [-0.39, 0.29) is 23.2 Å². The minimum Gasteiger partial charge on any atom is -0.503 e. The predicted octanol–water partition coefficient (Wildman–Crippen LogP) is 5.26. The van der Waals surface area contributed by atoms with Crippen LogP contribution in [-0.2, 0) is 15.0 Å². The first kappa shape index (κ1) is 21.6. The van der Waals surface area contributed by atoms with E-state index in [4.69, 9.17) is 4.74 Å². The number of carbonyl (C=O) groups excluding carboxylic acids is 2. The van der Waals surface area contributed by atoms with Crippen molar-refractivity contribution in [3.63, 3.8) is 0 Å². The van der Waals surface area contributed by atoms with E-state index in [1.165, 1.54) is 4.90 Å². The normalized spacial score (nSPS) is 16.9. The summed E-state index contributed by atoms with van der Waals surface area (Å²) in [5, 5.41) is 10.6. The van der Waals surface area contributed by atoms with Gasteiger partial charge in [0.05, 0.1) is 18.2 Å². The maximum Gasteiger partial charge on any atom is 0.294 e. The standard InChI is InChI=1S/C25H29NO4/c1-6-20(27)21-22(16-11-13-17(14-12-16)25(3,4)5)26(24(29)23(21)28)18-9-8-10-19(15-18)30-7-2/h8-15,22,28H,6-7H2,1-5H3. The SMILES string of the molecule is CCOc1cccc(N2C(=O)C(O)=C(C(=O)CC)C2c2ccc(C(C)(C)C)cc2)c1. The number of amides is 1. The molecule has 1 amide bonds. The third kappa shape index (κ3) is 3.97. The highest BCUT2D eigenvalue weighted by atomic mass is 16.5. The van der Waals surface area contributed by atoms with Crippen LogP contribution in [-0.4, -0.2) is 23.4 Å². The zero-order chi connectivity index (χ0) is 22.1. The van der Waals surface area contributed by atoms with Crippen molar-refractivity contribution in [2.75, 3.05) is 11.5 Å². The lowest BCUT2D eigenvalue weighted by Crippen LogP contribution is -2.31. The summed E-state index contributed by atoms with van der Waals surface area (Å²) in [6, 6.07) is 14.3. The van der Waals surface area contributed by atoms with Crippen molar-refractivity contribution in [1.29, 1.82) is 0 Å². The molecule has 0 radical (unpaired) electrons. The topological polar surface area (TPSA) is 66.8 Å². The van der Waals surface area contributed by atoms with Gasteiger partial charge in [0.15, 0.2) is 11.5 Å². The molecule has 1 aliphatic heterocycles. The number of carbonyl (C=O) groups is 2. The van der Waals surface area contributed by atoms with E-state index in [0.717, 1.165) is 11.1 Å². The fourth-order valence-corrected chi connectivity index (χ4v) is 3.72. The number of nitrogens with zero attached hydrogens (tertiary/aromatic N) is 1. The second kappa shape index (κ2) is 8.34. The van der Waals surface area contributed by atoms with Crippen LogP contribution < -0.4 is 9.64 Å². The Morgan fingerprint density at radius 2 is 1.77 bits per heavy atom. The zero-order valence-electron chi connectivity index (χ0n) is 18.2. The third-order valence-corrected chi connectivity index (χ3v) is 5.33. The van der Waals surface area contributed by atoms with Gasteiger partial charge in [-0.15, -0.1) is 0 Å². The highest BCUT2D eigenvalue weighted by molar-refractivity contribution is 6.16. The third-order valence-electron chi connectivity index (χ3n) is 5.33. The van der Waals surface area contributed by atoms with Gasteiger partial charge < -0.3 is 9.84 Å². The lowest BCUT2D eigenvalue weighted by Gasteiger charge is -2.28. The number of hydrogen-bond donors (Lipinski definition) is 1. The van der Waals surface area contributed by atoms with Crippen molar-refractivity contribution in [2.45, 2.75) is 52.5 Å². The summed E-state index contributed by atoms with van der Waals surface area (Å²) in [6.07, 6.45) is 0.204. The Morgan fingerprint density at radius 3 is 2.33 bits per heavy atom. The van der Waals surface area contributed by atoms with Gasteiger partial charge in [0.25, 0.3) is 5.91 Å². The maximum absolute atomic E-state index is 13.0. The minimum absolute atomic E-state index is 0.0183. The van der Waals surface area contributed by atoms with Crippen LogP contribution in [0, 0.1) is 0 Å². The van der Waals surface area contributed by atoms with Crippen LogP contribution in [0.2, 0.25) is 0 Å². The summed E-state index contributed by atoms with van der Waals surface area (Å²) >= 11 is 0. The van der Waals surface area contributed by atoms with Gasteiger partial charge in [-0.1, -0.05) is 58.0 Å². The molecule has 1 unspecified atom stereocenters. The van der Waals surface area contributed by atoms with Gasteiger partial charge >= 0.3 is 0 Å². The van der Waals surface area contributed by atoms with Crippen LogP contribution in [0.5, 0.6) is 5.75 Å². The van der Waals surface area contributed by atoms with Crippen LogP contribution in [0.3, 0.4) is 0 Å². The van der Waals surface area contributed by atoms with Crippen LogP contribution in [0.1, 0.15) is 58.2 Å². The number of hydrogen-bond acceptors (Lipinski definition) is 4. The molecule has 0 aromatic heterocycles. The Hall–Kier alpha value is -3.08. The summed E-state index contributed by atoms with van der Waals surface area (Å²) in [5.41, 5.74) is 2.63. The Balaban J connectivity index is 2.13. The largest absolute Gasteiger partial charge is 0.503 e. The van der Waals surface area contributed by atoms with Crippen molar-refractivity contribution in [3.8, 4) is 5.75 Å². The van der Waals surface area contributed by atoms with E-state index in [9.17, 15) is 14.7 Å². The summed E-state index contributed by atoms with van der Waals surface area (Å²) in [7, 11) is 0. The summed E-state index contributed by atoms with van der Waals surface area (Å²) in [4.78, 5) is 27.2. The Morgan fingerprint density at radius 1 is 1.10 bits per heavy atom. The van der Waals surface area contributed by atoms with Crippen molar-refractivity contribution in [1.82, 2.24) is 0 Å². The lowest BCUT2D eigenvalue weighted by atomic mass is 9.85. The number of aliphatic hydroxyl groups excluding tert-OH is 1. The molecule has 1 N–H and O–H groups in total. The molecule has 1 atom stereocenters. The lowest BCUT2D eigenvalue weighted by molar-refractivity contribution is -0.118. The van der Waals surface area contributed by atoms with Crippen molar-refractivity contribution >= 4 is 17.4 Å². The molecule has 2 aromatic carbocycles. The average Bonchev–Trinajstić information content (AvgIpc) is 2.98. The molecule has 0 saturated heterocycles. The first-order chi connectivity index (χ1) is 14.2. The van der Waals surface area contributed by atoms with Gasteiger partial charge in [-0.2, -0.15) is 0 Å². The maximum atomic E-state index is 13.0. The molecule has 158 valence electrons. The molecule has 2 aromatic rings. The van der Waals surface area contributed by atoms with E-state index < -0.39 is 17.7 Å². The number of aliphatic hydroxyl groups is 1. The van der Waals surface area contributed by atoms with Gasteiger partial charge in [-0.3, -0.25) is 14.5 Å².